The Morgan fingerprint density at radius 3 is 1.12 bits per heavy atom. The molecule has 1 unspecified atom stereocenters. The Morgan fingerprint density at radius 1 is 0.706 bits per heavy atom. The molecule has 0 aliphatic heterocycles. The minimum absolute atomic E-state index is 0.0973. The number of rotatable bonds is 6. The molecule has 0 aliphatic carbocycles. The number of aliphatic hydroxyl groups excluding tert-OH is 1. The molecular weight excluding hydrogens is 208 g/mol. The predicted octanol–water partition coefficient (Wildman–Crippen LogP) is 6.20. The molecule has 0 aromatic carbocycles. The van der Waals surface area contributed by atoms with E-state index in [-0.39, 0.29) is 6.10 Å². The molecule has 0 bridgehead atoms. The van der Waals surface area contributed by atoms with Gasteiger partial charge in [0.25, 0.3) is 0 Å². The number of aliphatic hydroxyl groups is 1. The van der Waals surface area contributed by atoms with E-state index in [1.165, 1.54) is 32.1 Å². The molecule has 0 radical (unpaired) electrons. The first-order valence-electron chi connectivity index (χ1n) is 7.87. The lowest BCUT2D eigenvalue weighted by atomic mass is 10.2. The molecule has 1 nitrogen and oxygen atoms in total. The highest BCUT2D eigenvalue weighted by Crippen LogP contribution is 1.97. The summed E-state index contributed by atoms with van der Waals surface area (Å²) < 4.78 is 0. The lowest BCUT2D eigenvalue weighted by molar-refractivity contribution is 0.181. The largest absolute Gasteiger partial charge is 0.393 e. The van der Waals surface area contributed by atoms with Crippen molar-refractivity contribution in [3.8, 4) is 0 Å². The highest BCUT2D eigenvalue weighted by molar-refractivity contribution is 4.43. The van der Waals surface area contributed by atoms with Crippen LogP contribution in [-0.4, -0.2) is 11.2 Å². The van der Waals surface area contributed by atoms with Crippen molar-refractivity contribution < 1.29 is 5.11 Å². The Labute approximate surface area is 112 Å². The molecule has 0 fully saturated rings. The zero-order valence-corrected chi connectivity index (χ0v) is 14.0. The Balaban J connectivity index is -0.0000000772. The van der Waals surface area contributed by atoms with Gasteiger partial charge in [-0.1, -0.05) is 87.0 Å². The first kappa shape index (κ1) is 25.7. The van der Waals surface area contributed by atoms with Crippen LogP contribution in [0.2, 0.25) is 0 Å². The number of unbranched alkanes of at least 4 members (excludes halogenated alkanes) is 4. The van der Waals surface area contributed by atoms with Crippen LogP contribution in [-0.2, 0) is 0 Å². The summed E-state index contributed by atoms with van der Waals surface area (Å²) in [6.45, 7) is 16.4. The smallest absolute Gasteiger partial charge is 0.0512 e. The maximum Gasteiger partial charge on any atom is 0.0512 e. The van der Waals surface area contributed by atoms with Crippen LogP contribution in [0.1, 0.15) is 100 Å². The summed E-state index contributed by atoms with van der Waals surface area (Å²) in [4.78, 5) is 0. The molecule has 0 spiro atoms. The second kappa shape index (κ2) is 36.0. The molecule has 0 saturated carbocycles. The third kappa shape index (κ3) is 64.2. The summed E-state index contributed by atoms with van der Waals surface area (Å²) >= 11 is 0. The van der Waals surface area contributed by atoms with Crippen LogP contribution in [0.4, 0.5) is 0 Å². The zero-order chi connectivity index (χ0) is 14.5. The van der Waals surface area contributed by atoms with Crippen molar-refractivity contribution in [2.45, 2.75) is 106 Å². The van der Waals surface area contributed by atoms with Gasteiger partial charge in [-0.3, -0.25) is 0 Å². The van der Waals surface area contributed by atoms with E-state index in [2.05, 4.69) is 20.8 Å². The third-order valence-electron chi connectivity index (χ3n) is 1.93. The molecule has 0 heterocycles. The van der Waals surface area contributed by atoms with Crippen molar-refractivity contribution in [2.24, 2.45) is 0 Å². The molecule has 0 aliphatic rings. The molecule has 17 heavy (non-hydrogen) atoms. The predicted molar refractivity (Wildman–Crippen MR) is 83.7 cm³/mol. The lowest BCUT2D eigenvalue weighted by Crippen LogP contribution is -1.97. The molecule has 110 valence electrons. The second-order valence-electron chi connectivity index (χ2n) is 3.70. The van der Waals surface area contributed by atoms with Crippen LogP contribution in [0, 0.1) is 0 Å². The summed E-state index contributed by atoms with van der Waals surface area (Å²) in [5.41, 5.74) is 0. The van der Waals surface area contributed by atoms with Gasteiger partial charge in [0.1, 0.15) is 0 Å². The topological polar surface area (TPSA) is 20.2 Å². The van der Waals surface area contributed by atoms with Crippen LogP contribution in [0.3, 0.4) is 0 Å². The Bertz CT molecular complexity index is 65.9. The molecule has 0 aromatic rings. The lowest BCUT2D eigenvalue weighted by Gasteiger charge is -1.98. The Hall–Kier alpha value is -0.0400. The average molecular weight is 248 g/mol. The molecule has 1 atom stereocenters. The quantitative estimate of drug-likeness (QED) is 0.555. The third-order valence-corrected chi connectivity index (χ3v) is 1.93. The summed E-state index contributed by atoms with van der Waals surface area (Å²) in [6.07, 6.45) is 8.73. The maximum absolute atomic E-state index is 8.68. The first-order chi connectivity index (χ1) is 8.18. The summed E-state index contributed by atoms with van der Waals surface area (Å²) in [5.74, 6) is 0. The van der Waals surface area contributed by atoms with Crippen LogP contribution in [0.5, 0.6) is 0 Å². The maximum atomic E-state index is 8.68. The van der Waals surface area contributed by atoms with Crippen molar-refractivity contribution in [3.05, 3.63) is 0 Å². The standard InChI is InChI=1S/C6H14O.C6H14.2C2H6/c1-3-4-5-6(2)7;1-3-5-6-4-2;2*1-2/h6-7H,3-5H2,1-2H3;3-6H2,1-2H3;2*1-2H3. The van der Waals surface area contributed by atoms with Gasteiger partial charge >= 0.3 is 0 Å². The minimum Gasteiger partial charge on any atom is -0.393 e. The average Bonchev–Trinajstić information content (AvgIpc) is 2.39. The molecule has 1 N–H and O–H groups in total. The van der Waals surface area contributed by atoms with Gasteiger partial charge in [0.05, 0.1) is 6.10 Å². The molecule has 0 rings (SSSR count). The van der Waals surface area contributed by atoms with E-state index in [4.69, 9.17) is 5.11 Å². The zero-order valence-electron chi connectivity index (χ0n) is 14.0. The van der Waals surface area contributed by atoms with Crippen molar-refractivity contribution in [2.75, 3.05) is 0 Å². The van der Waals surface area contributed by atoms with Crippen LogP contribution < -0.4 is 0 Å². The van der Waals surface area contributed by atoms with Gasteiger partial charge < -0.3 is 5.11 Å². The molecule has 0 saturated heterocycles. The van der Waals surface area contributed by atoms with Crippen molar-refractivity contribution in [1.82, 2.24) is 0 Å². The van der Waals surface area contributed by atoms with Gasteiger partial charge in [-0.25, -0.2) is 0 Å². The van der Waals surface area contributed by atoms with Crippen LogP contribution >= 0.6 is 0 Å². The van der Waals surface area contributed by atoms with E-state index in [0.717, 1.165) is 12.8 Å². The monoisotopic (exact) mass is 248 g/mol. The fraction of sp³-hybridized carbons (Fsp3) is 1.00. The molecule has 0 amide bonds. The highest BCUT2D eigenvalue weighted by Gasteiger charge is 1.90. The van der Waals surface area contributed by atoms with E-state index >= 15 is 0 Å². The van der Waals surface area contributed by atoms with E-state index in [1.54, 1.807) is 0 Å². The second-order valence-corrected chi connectivity index (χ2v) is 3.70. The Morgan fingerprint density at radius 2 is 1.00 bits per heavy atom. The number of hydrogen-bond donors (Lipinski definition) is 1. The van der Waals surface area contributed by atoms with Gasteiger partial charge in [0.15, 0.2) is 0 Å². The Kier molecular flexibility index (Phi) is 54.5. The fourth-order valence-corrected chi connectivity index (χ4v) is 1.000. The number of hydrogen-bond acceptors (Lipinski definition) is 1. The highest BCUT2D eigenvalue weighted by atomic mass is 16.3. The molecule has 0 aromatic heterocycles. The summed E-state index contributed by atoms with van der Waals surface area (Å²) in [5, 5.41) is 8.68. The van der Waals surface area contributed by atoms with E-state index in [9.17, 15) is 0 Å². The first-order valence-corrected chi connectivity index (χ1v) is 7.87. The van der Waals surface area contributed by atoms with Crippen molar-refractivity contribution in [1.29, 1.82) is 0 Å². The summed E-state index contributed by atoms with van der Waals surface area (Å²) in [6, 6.07) is 0. The fourth-order valence-electron chi connectivity index (χ4n) is 1.000. The summed E-state index contributed by atoms with van der Waals surface area (Å²) in [7, 11) is 0. The van der Waals surface area contributed by atoms with E-state index < -0.39 is 0 Å². The normalized spacial score (nSPS) is 9.71. The van der Waals surface area contributed by atoms with Crippen LogP contribution in [0.25, 0.3) is 0 Å². The van der Waals surface area contributed by atoms with Crippen LogP contribution in [0.15, 0.2) is 0 Å². The SMILES string of the molecule is CC.CC.CCCCC(C)O.CCCCCC. The van der Waals surface area contributed by atoms with Crippen molar-refractivity contribution in [3.63, 3.8) is 0 Å². The van der Waals surface area contributed by atoms with E-state index in [0.29, 0.717) is 0 Å². The van der Waals surface area contributed by atoms with Gasteiger partial charge in [-0.15, -0.1) is 0 Å². The van der Waals surface area contributed by atoms with Gasteiger partial charge in [-0.05, 0) is 13.3 Å². The van der Waals surface area contributed by atoms with Gasteiger partial charge in [0.2, 0.25) is 0 Å². The minimum atomic E-state index is -0.0973. The van der Waals surface area contributed by atoms with Gasteiger partial charge in [0, 0.05) is 0 Å². The molecule has 1 heteroatoms. The van der Waals surface area contributed by atoms with Crippen molar-refractivity contribution >= 4 is 0 Å². The van der Waals surface area contributed by atoms with Gasteiger partial charge in [-0.2, -0.15) is 0 Å². The molecular formula is C16H40O. The van der Waals surface area contributed by atoms with E-state index in [1.807, 2.05) is 34.6 Å².